The molecule has 0 radical (unpaired) electrons. The lowest BCUT2D eigenvalue weighted by atomic mass is 10.0. The predicted octanol–water partition coefficient (Wildman–Crippen LogP) is 2.68. The Bertz CT molecular complexity index is 336. The van der Waals surface area contributed by atoms with E-state index in [9.17, 15) is 8.78 Å². The van der Waals surface area contributed by atoms with Crippen LogP contribution in [0, 0.1) is 11.6 Å². The van der Waals surface area contributed by atoms with E-state index in [2.05, 4.69) is 0 Å². The van der Waals surface area contributed by atoms with Crippen LogP contribution in [0.3, 0.4) is 0 Å². The molecule has 1 atom stereocenters. The molecule has 1 aliphatic heterocycles. The Morgan fingerprint density at radius 1 is 1.31 bits per heavy atom. The van der Waals surface area contributed by atoms with E-state index in [0.717, 1.165) is 24.5 Å². The highest BCUT2D eigenvalue weighted by molar-refractivity contribution is 5.36. The molecule has 13 heavy (non-hydrogen) atoms. The van der Waals surface area contributed by atoms with E-state index in [1.54, 1.807) is 0 Å². The van der Waals surface area contributed by atoms with Crippen LogP contribution >= 0.6 is 0 Å². The van der Waals surface area contributed by atoms with Crippen LogP contribution in [-0.2, 0) is 6.42 Å². The van der Waals surface area contributed by atoms with Gasteiger partial charge < -0.3 is 4.74 Å². The Kier molecular flexibility index (Phi) is 1.94. The Labute approximate surface area is 75.3 Å². The summed E-state index contributed by atoms with van der Waals surface area (Å²) in [5.41, 5.74) is 0.761. The van der Waals surface area contributed by atoms with Crippen molar-refractivity contribution in [1.82, 2.24) is 0 Å². The van der Waals surface area contributed by atoms with Crippen molar-refractivity contribution in [3.63, 3.8) is 0 Å². The van der Waals surface area contributed by atoms with Gasteiger partial charge in [-0.1, -0.05) is 0 Å². The topological polar surface area (TPSA) is 9.23 Å². The van der Waals surface area contributed by atoms with Crippen LogP contribution in [0.25, 0.3) is 0 Å². The van der Waals surface area contributed by atoms with Gasteiger partial charge in [0.15, 0.2) is 11.6 Å². The van der Waals surface area contributed by atoms with E-state index in [1.807, 2.05) is 6.92 Å². The quantitative estimate of drug-likeness (QED) is 0.602. The van der Waals surface area contributed by atoms with Crippen molar-refractivity contribution in [2.24, 2.45) is 0 Å². The zero-order chi connectivity index (χ0) is 9.42. The zero-order valence-corrected chi connectivity index (χ0v) is 7.31. The molecule has 1 aromatic rings. The molecule has 0 saturated heterocycles. The molecule has 0 aromatic heterocycles. The van der Waals surface area contributed by atoms with Gasteiger partial charge in [-0.15, -0.1) is 0 Å². The second-order valence-electron chi connectivity index (χ2n) is 3.34. The maximum atomic E-state index is 12.8. The van der Waals surface area contributed by atoms with E-state index in [0.29, 0.717) is 5.75 Å². The largest absolute Gasteiger partial charge is 0.490 e. The van der Waals surface area contributed by atoms with Crippen LogP contribution in [0.2, 0.25) is 0 Å². The van der Waals surface area contributed by atoms with Gasteiger partial charge in [0, 0.05) is 6.07 Å². The summed E-state index contributed by atoms with van der Waals surface area (Å²) < 4.78 is 30.9. The molecule has 1 unspecified atom stereocenters. The summed E-state index contributed by atoms with van der Waals surface area (Å²) in [5, 5.41) is 0. The van der Waals surface area contributed by atoms with Gasteiger partial charge in [-0.05, 0) is 31.4 Å². The van der Waals surface area contributed by atoms with Crippen LogP contribution in [-0.4, -0.2) is 6.10 Å². The highest BCUT2D eigenvalue weighted by Gasteiger charge is 2.18. The molecule has 1 heterocycles. The SMILES string of the molecule is CC1CCc2cc(F)c(F)cc2O1. The van der Waals surface area contributed by atoms with Gasteiger partial charge in [-0.3, -0.25) is 0 Å². The second-order valence-corrected chi connectivity index (χ2v) is 3.34. The number of rotatable bonds is 0. The van der Waals surface area contributed by atoms with Gasteiger partial charge in [0.1, 0.15) is 5.75 Å². The molecule has 0 spiro atoms. The summed E-state index contributed by atoms with van der Waals surface area (Å²) in [7, 11) is 0. The first-order chi connectivity index (χ1) is 6.16. The van der Waals surface area contributed by atoms with Crippen molar-refractivity contribution in [3.05, 3.63) is 29.3 Å². The number of ether oxygens (including phenoxy) is 1. The standard InChI is InChI=1S/C10H10F2O/c1-6-2-3-7-4-8(11)9(12)5-10(7)13-6/h4-6H,2-3H2,1H3. The van der Waals surface area contributed by atoms with Crippen molar-refractivity contribution in [1.29, 1.82) is 0 Å². The lowest BCUT2D eigenvalue weighted by Gasteiger charge is -2.23. The van der Waals surface area contributed by atoms with E-state index < -0.39 is 11.6 Å². The average molecular weight is 184 g/mol. The number of hydrogen-bond acceptors (Lipinski definition) is 1. The lowest BCUT2D eigenvalue weighted by molar-refractivity contribution is 0.191. The molecule has 0 fully saturated rings. The van der Waals surface area contributed by atoms with Crippen LogP contribution in [0.1, 0.15) is 18.9 Å². The van der Waals surface area contributed by atoms with Crippen LogP contribution in [0.15, 0.2) is 12.1 Å². The van der Waals surface area contributed by atoms with Crippen LogP contribution < -0.4 is 4.74 Å². The molecular formula is C10H10F2O. The Morgan fingerprint density at radius 3 is 2.77 bits per heavy atom. The van der Waals surface area contributed by atoms with Gasteiger partial charge in [-0.2, -0.15) is 0 Å². The van der Waals surface area contributed by atoms with Crippen molar-refractivity contribution in [2.75, 3.05) is 0 Å². The number of aryl methyl sites for hydroxylation is 1. The van der Waals surface area contributed by atoms with Crippen molar-refractivity contribution in [3.8, 4) is 5.75 Å². The first-order valence-electron chi connectivity index (χ1n) is 4.31. The summed E-state index contributed by atoms with van der Waals surface area (Å²) in [6.07, 6.45) is 1.71. The van der Waals surface area contributed by atoms with E-state index in [4.69, 9.17) is 4.74 Å². The normalized spacial score (nSPS) is 20.7. The number of halogens is 2. The minimum atomic E-state index is -0.840. The summed E-state index contributed by atoms with van der Waals surface area (Å²) in [6, 6.07) is 2.34. The summed E-state index contributed by atoms with van der Waals surface area (Å²) in [4.78, 5) is 0. The molecule has 1 aromatic carbocycles. The fraction of sp³-hybridized carbons (Fsp3) is 0.400. The molecule has 2 rings (SSSR count). The first-order valence-corrected chi connectivity index (χ1v) is 4.31. The fourth-order valence-electron chi connectivity index (χ4n) is 1.51. The van der Waals surface area contributed by atoms with Crippen molar-refractivity contribution < 1.29 is 13.5 Å². The number of fused-ring (bicyclic) bond motifs is 1. The maximum Gasteiger partial charge on any atom is 0.162 e. The zero-order valence-electron chi connectivity index (χ0n) is 7.31. The van der Waals surface area contributed by atoms with Gasteiger partial charge in [0.25, 0.3) is 0 Å². The Balaban J connectivity index is 2.43. The van der Waals surface area contributed by atoms with Gasteiger partial charge in [0.2, 0.25) is 0 Å². The van der Waals surface area contributed by atoms with E-state index in [1.165, 1.54) is 6.07 Å². The van der Waals surface area contributed by atoms with Gasteiger partial charge in [0.05, 0.1) is 6.10 Å². The number of hydrogen-bond donors (Lipinski definition) is 0. The van der Waals surface area contributed by atoms with Gasteiger partial charge in [-0.25, -0.2) is 8.78 Å². The number of benzene rings is 1. The van der Waals surface area contributed by atoms with Crippen molar-refractivity contribution in [2.45, 2.75) is 25.9 Å². The smallest absolute Gasteiger partial charge is 0.162 e. The molecule has 1 aliphatic rings. The minimum Gasteiger partial charge on any atom is -0.490 e. The molecule has 0 amide bonds. The molecular weight excluding hydrogens is 174 g/mol. The van der Waals surface area contributed by atoms with Gasteiger partial charge >= 0.3 is 0 Å². The fourth-order valence-corrected chi connectivity index (χ4v) is 1.51. The monoisotopic (exact) mass is 184 g/mol. The highest BCUT2D eigenvalue weighted by atomic mass is 19.2. The predicted molar refractivity (Wildman–Crippen MR) is 44.8 cm³/mol. The molecule has 0 saturated carbocycles. The van der Waals surface area contributed by atoms with Crippen LogP contribution in [0.4, 0.5) is 8.78 Å². The molecule has 0 N–H and O–H groups in total. The highest BCUT2D eigenvalue weighted by Crippen LogP contribution is 2.29. The third kappa shape index (κ3) is 1.50. The molecule has 1 nitrogen and oxygen atoms in total. The minimum absolute atomic E-state index is 0.0948. The summed E-state index contributed by atoms with van der Waals surface area (Å²) >= 11 is 0. The second kappa shape index (κ2) is 2.98. The molecule has 70 valence electrons. The van der Waals surface area contributed by atoms with Crippen molar-refractivity contribution >= 4 is 0 Å². The molecule has 0 bridgehead atoms. The van der Waals surface area contributed by atoms with E-state index in [-0.39, 0.29) is 6.10 Å². The third-order valence-electron chi connectivity index (χ3n) is 2.25. The Hall–Kier alpha value is -1.12. The maximum absolute atomic E-state index is 12.8. The van der Waals surface area contributed by atoms with Crippen LogP contribution in [0.5, 0.6) is 5.75 Å². The lowest BCUT2D eigenvalue weighted by Crippen LogP contribution is -2.19. The Morgan fingerprint density at radius 2 is 2.00 bits per heavy atom. The molecule has 3 heteroatoms. The van der Waals surface area contributed by atoms with E-state index >= 15 is 0 Å². The third-order valence-corrected chi connectivity index (χ3v) is 2.25. The average Bonchev–Trinajstić information content (AvgIpc) is 2.08. The first kappa shape index (κ1) is 8.48. The summed E-state index contributed by atoms with van der Waals surface area (Å²) in [5.74, 6) is -1.15. The molecule has 0 aliphatic carbocycles. The summed E-state index contributed by atoms with van der Waals surface area (Å²) in [6.45, 7) is 1.92.